The van der Waals surface area contributed by atoms with E-state index in [1.54, 1.807) is 13.3 Å². The molecule has 1 atom stereocenters. The Bertz CT molecular complexity index is 172. The van der Waals surface area contributed by atoms with Crippen LogP contribution in [-0.2, 0) is 11.2 Å². The molecule has 0 fully saturated rings. The minimum absolute atomic E-state index is 0.202. The zero-order valence-electron chi connectivity index (χ0n) is 6.20. The molecule has 1 unspecified atom stereocenters. The molecule has 0 aliphatic heterocycles. The van der Waals surface area contributed by atoms with Crippen molar-refractivity contribution in [2.24, 2.45) is 0 Å². The average Bonchev–Trinajstić information content (AvgIpc) is 2.40. The zero-order valence-corrected chi connectivity index (χ0v) is 6.20. The summed E-state index contributed by atoms with van der Waals surface area (Å²) < 4.78 is 10.1. The third-order valence-corrected chi connectivity index (χ3v) is 1.37. The number of hydrogen-bond acceptors (Lipinski definition) is 3. The van der Waals surface area contributed by atoms with E-state index in [9.17, 15) is 0 Å². The molecule has 0 bridgehead atoms. The van der Waals surface area contributed by atoms with Crippen molar-refractivity contribution < 1.29 is 9.15 Å². The van der Waals surface area contributed by atoms with Crippen molar-refractivity contribution in [1.82, 2.24) is 4.98 Å². The Morgan fingerprint density at radius 3 is 3.10 bits per heavy atom. The molecule has 56 valence electrons. The van der Waals surface area contributed by atoms with Gasteiger partial charge in [0.05, 0.1) is 12.3 Å². The molecule has 0 aliphatic rings. The van der Waals surface area contributed by atoms with Crippen LogP contribution in [0, 0.1) is 0 Å². The Hall–Kier alpha value is -0.830. The smallest absolute Gasteiger partial charge is 0.180 e. The van der Waals surface area contributed by atoms with Crippen molar-refractivity contribution in [1.29, 1.82) is 0 Å². The lowest BCUT2D eigenvalue weighted by molar-refractivity contribution is 0.114. The van der Waals surface area contributed by atoms with E-state index in [-0.39, 0.29) is 6.10 Å². The van der Waals surface area contributed by atoms with Gasteiger partial charge in [-0.25, -0.2) is 4.98 Å². The van der Waals surface area contributed by atoms with Crippen LogP contribution in [0.25, 0.3) is 0 Å². The number of nitrogens with zero attached hydrogens (tertiary/aromatic N) is 1. The molecule has 1 aromatic rings. The molecule has 0 saturated heterocycles. The van der Waals surface area contributed by atoms with Gasteiger partial charge in [-0.2, -0.15) is 0 Å². The molecule has 1 rings (SSSR count). The first-order valence-electron chi connectivity index (χ1n) is 3.23. The predicted octanol–water partition coefficient (Wildman–Crippen LogP) is 1.25. The maximum Gasteiger partial charge on any atom is 0.180 e. The maximum atomic E-state index is 5.04. The van der Waals surface area contributed by atoms with Crippen LogP contribution in [0.5, 0.6) is 0 Å². The molecule has 3 heteroatoms. The van der Waals surface area contributed by atoms with Gasteiger partial charge < -0.3 is 9.15 Å². The molecule has 0 saturated carbocycles. The van der Waals surface area contributed by atoms with Crippen molar-refractivity contribution in [3.8, 4) is 0 Å². The van der Waals surface area contributed by atoms with Gasteiger partial charge in [0.15, 0.2) is 6.39 Å². The van der Waals surface area contributed by atoms with E-state index in [0.717, 1.165) is 12.2 Å². The Labute approximate surface area is 60.0 Å². The van der Waals surface area contributed by atoms with Crippen molar-refractivity contribution in [2.75, 3.05) is 7.11 Å². The highest BCUT2D eigenvalue weighted by Crippen LogP contribution is 2.02. The van der Waals surface area contributed by atoms with E-state index in [2.05, 4.69) is 4.98 Å². The Morgan fingerprint density at radius 2 is 2.60 bits per heavy atom. The van der Waals surface area contributed by atoms with Gasteiger partial charge in [-0.1, -0.05) is 0 Å². The van der Waals surface area contributed by atoms with Crippen LogP contribution in [0.2, 0.25) is 0 Å². The number of rotatable bonds is 3. The number of methoxy groups -OCH3 is 1. The predicted molar refractivity (Wildman–Crippen MR) is 36.7 cm³/mol. The first-order valence-corrected chi connectivity index (χ1v) is 3.23. The standard InChI is InChI=1S/C7H11NO2/c1-6(9-2)3-7-4-8-5-10-7/h4-6H,3H2,1-2H3. The molecule has 10 heavy (non-hydrogen) atoms. The fourth-order valence-corrected chi connectivity index (χ4v) is 0.710. The molecule has 0 amide bonds. The molecule has 0 N–H and O–H groups in total. The molecule has 0 spiro atoms. The SMILES string of the molecule is COC(C)Cc1cnco1. The number of hydrogen-bond donors (Lipinski definition) is 0. The van der Waals surface area contributed by atoms with E-state index in [0.29, 0.717) is 0 Å². The molecule has 0 aliphatic carbocycles. The van der Waals surface area contributed by atoms with Crippen LogP contribution >= 0.6 is 0 Å². The first kappa shape index (κ1) is 7.28. The van der Waals surface area contributed by atoms with Gasteiger partial charge in [0.2, 0.25) is 0 Å². The Balaban J connectivity index is 2.40. The zero-order chi connectivity index (χ0) is 7.40. The number of oxazole rings is 1. The Morgan fingerprint density at radius 1 is 1.80 bits per heavy atom. The summed E-state index contributed by atoms with van der Waals surface area (Å²) in [7, 11) is 1.68. The minimum atomic E-state index is 0.202. The summed E-state index contributed by atoms with van der Waals surface area (Å²) in [5.41, 5.74) is 0. The van der Waals surface area contributed by atoms with Gasteiger partial charge in [-0.15, -0.1) is 0 Å². The van der Waals surface area contributed by atoms with Gasteiger partial charge in [0, 0.05) is 13.5 Å². The second kappa shape index (κ2) is 3.37. The summed E-state index contributed by atoms with van der Waals surface area (Å²) in [5.74, 6) is 0.870. The highest BCUT2D eigenvalue weighted by atomic mass is 16.5. The van der Waals surface area contributed by atoms with Crippen LogP contribution in [0.3, 0.4) is 0 Å². The van der Waals surface area contributed by atoms with Crippen LogP contribution in [0.4, 0.5) is 0 Å². The van der Waals surface area contributed by atoms with Crippen molar-refractivity contribution in [3.05, 3.63) is 18.4 Å². The fraction of sp³-hybridized carbons (Fsp3) is 0.571. The molecule has 1 aromatic heterocycles. The van der Waals surface area contributed by atoms with Gasteiger partial charge in [0.1, 0.15) is 5.76 Å². The highest BCUT2D eigenvalue weighted by Gasteiger charge is 2.02. The lowest BCUT2D eigenvalue weighted by Crippen LogP contribution is -2.07. The topological polar surface area (TPSA) is 35.3 Å². The summed E-state index contributed by atoms with van der Waals surface area (Å²) in [6, 6.07) is 0. The molecular formula is C7H11NO2. The van der Waals surface area contributed by atoms with E-state index < -0.39 is 0 Å². The highest BCUT2D eigenvalue weighted by molar-refractivity contribution is 4.89. The monoisotopic (exact) mass is 141 g/mol. The van der Waals surface area contributed by atoms with E-state index in [4.69, 9.17) is 9.15 Å². The van der Waals surface area contributed by atoms with E-state index in [1.165, 1.54) is 6.39 Å². The molecule has 1 heterocycles. The first-order chi connectivity index (χ1) is 4.83. The van der Waals surface area contributed by atoms with Gasteiger partial charge in [0.25, 0.3) is 0 Å². The van der Waals surface area contributed by atoms with E-state index in [1.807, 2.05) is 6.92 Å². The normalized spacial score (nSPS) is 13.4. The lowest BCUT2D eigenvalue weighted by Gasteiger charge is -2.04. The summed E-state index contributed by atoms with van der Waals surface area (Å²) >= 11 is 0. The van der Waals surface area contributed by atoms with Gasteiger partial charge >= 0.3 is 0 Å². The summed E-state index contributed by atoms with van der Waals surface area (Å²) in [6.45, 7) is 1.99. The van der Waals surface area contributed by atoms with Crippen molar-refractivity contribution in [2.45, 2.75) is 19.4 Å². The van der Waals surface area contributed by atoms with Crippen molar-refractivity contribution in [3.63, 3.8) is 0 Å². The Kier molecular flexibility index (Phi) is 2.45. The van der Waals surface area contributed by atoms with Crippen LogP contribution < -0.4 is 0 Å². The summed E-state index contributed by atoms with van der Waals surface area (Å²) in [4.78, 5) is 3.79. The summed E-state index contributed by atoms with van der Waals surface area (Å²) in [5, 5.41) is 0. The third kappa shape index (κ3) is 1.84. The van der Waals surface area contributed by atoms with Crippen molar-refractivity contribution >= 4 is 0 Å². The largest absolute Gasteiger partial charge is 0.448 e. The molecule has 3 nitrogen and oxygen atoms in total. The van der Waals surface area contributed by atoms with Crippen LogP contribution in [0.1, 0.15) is 12.7 Å². The fourth-order valence-electron chi connectivity index (χ4n) is 0.710. The van der Waals surface area contributed by atoms with Gasteiger partial charge in [-0.05, 0) is 6.92 Å². The number of ether oxygens (including phenoxy) is 1. The van der Waals surface area contributed by atoms with Crippen LogP contribution in [-0.4, -0.2) is 18.2 Å². The molecule has 0 radical (unpaired) electrons. The number of aromatic nitrogens is 1. The molecule has 0 aromatic carbocycles. The second-order valence-corrected chi connectivity index (χ2v) is 2.22. The van der Waals surface area contributed by atoms with E-state index >= 15 is 0 Å². The maximum absolute atomic E-state index is 5.04. The quantitative estimate of drug-likeness (QED) is 0.635. The average molecular weight is 141 g/mol. The van der Waals surface area contributed by atoms with Crippen LogP contribution in [0.15, 0.2) is 17.0 Å². The lowest BCUT2D eigenvalue weighted by atomic mass is 10.2. The second-order valence-electron chi connectivity index (χ2n) is 2.22. The molecular weight excluding hydrogens is 130 g/mol. The van der Waals surface area contributed by atoms with Gasteiger partial charge in [-0.3, -0.25) is 0 Å². The minimum Gasteiger partial charge on any atom is -0.448 e. The third-order valence-electron chi connectivity index (χ3n) is 1.37. The summed E-state index contributed by atoms with van der Waals surface area (Å²) in [6.07, 6.45) is 4.12.